The van der Waals surface area contributed by atoms with Crippen LogP contribution in [0.5, 0.6) is 0 Å². The number of esters is 2. The van der Waals surface area contributed by atoms with Crippen molar-refractivity contribution >= 4 is 11.9 Å². The number of ether oxygens (including phenoxy) is 6. The van der Waals surface area contributed by atoms with E-state index in [1.807, 2.05) is 0 Å². The van der Waals surface area contributed by atoms with E-state index in [1.165, 1.54) is 128 Å². The largest absolute Gasteiger partial charge is 0.462 e. The molecule has 0 radical (unpaired) electrons. The van der Waals surface area contributed by atoms with E-state index in [4.69, 9.17) is 28.4 Å². The molecular formula is C49H92O15. The molecule has 7 N–H and O–H groups in total. The van der Waals surface area contributed by atoms with Gasteiger partial charge < -0.3 is 64.2 Å². The third-order valence-corrected chi connectivity index (χ3v) is 12.6. The second kappa shape index (κ2) is 37.5. The maximum atomic E-state index is 13.0. The van der Waals surface area contributed by atoms with Gasteiger partial charge in [-0.1, -0.05) is 181 Å². The molecule has 15 nitrogen and oxygen atoms in total. The van der Waals surface area contributed by atoms with Crippen molar-refractivity contribution in [2.24, 2.45) is 0 Å². The van der Waals surface area contributed by atoms with Crippen molar-refractivity contribution in [1.82, 2.24) is 0 Å². The van der Waals surface area contributed by atoms with Crippen LogP contribution in [0.3, 0.4) is 0 Å². The normalized spacial score (nSPS) is 26.5. The predicted molar refractivity (Wildman–Crippen MR) is 243 cm³/mol. The first kappa shape index (κ1) is 58.6. The smallest absolute Gasteiger partial charge is 0.306 e. The number of carbonyl (C=O) groups excluding carboxylic acids is 2. The molecule has 2 fully saturated rings. The van der Waals surface area contributed by atoms with Gasteiger partial charge in [0.1, 0.15) is 55.4 Å². The number of aliphatic hydroxyl groups excluding tert-OH is 7. The topological polar surface area (TPSA) is 231 Å². The van der Waals surface area contributed by atoms with Crippen LogP contribution in [0.25, 0.3) is 0 Å². The van der Waals surface area contributed by atoms with Gasteiger partial charge in [0.15, 0.2) is 18.7 Å². The summed E-state index contributed by atoms with van der Waals surface area (Å²) in [6, 6.07) is 0. The third kappa shape index (κ3) is 25.6. The van der Waals surface area contributed by atoms with Gasteiger partial charge >= 0.3 is 11.9 Å². The molecule has 2 aliphatic rings. The van der Waals surface area contributed by atoms with Crippen LogP contribution in [0.15, 0.2) is 0 Å². The molecule has 378 valence electrons. The summed E-state index contributed by atoms with van der Waals surface area (Å²) in [6.07, 6.45) is 17.3. The molecule has 0 bridgehead atoms. The molecule has 0 amide bonds. The molecule has 0 saturated carbocycles. The predicted octanol–water partition coefficient (Wildman–Crippen LogP) is 6.82. The van der Waals surface area contributed by atoms with E-state index in [-0.39, 0.29) is 26.1 Å². The second-order valence-electron chi connectivity index (χ2n) is 18.4. The summed E-state index contributed by atoms with van der Waals surface area (Å²) >= 11 is 0. The minimum Gasteiger partial charge on any atom is -0.462 e. The molecule has 64 heavy (non-hydrogen) atoms. The maximum absolute atomic E-state index is 13.0. The number of unbranched alkanes of at least 4 members (excludes halogenated alkanes) is 26. The summed E-state index contributed by atoms with van der Waals surface area (Å²) in [7, 11) is 0. The van der Waals surface area contributed by atoms with Crippen LogP contribution >= 0.6 is 0 Å². The molecule has 11 atom stereocenters. The maximum Gasteiger partial charge on any atom is 0.306 e. The monoisotopic (exact) mass is 921 g/mol. The third-order valence-electron chi connectivity index (χ3n) is 12.6. The van der Waals surface area contributed by atoms with E-state index < -0.39 is 92.7 Å². The highest BCUT2D eigenvalue weighted by molar-refractivity contribution is 5.70. The molecular weight excluding hydrogens is 829 g/mol. The highest BCUT2D eigenvalue weighted by atomic mass is 16.7. The van der Waals surface area contributed by atoms with E-state index in [2.05, 4.69) is 13.8 Å². The number of rotatable bonds is 40. The molecule has 0 aromatic carbocycles. The molecule has 0 spiro atoms. The first-order valence-corrected chi connectivity index (χ1v) is 25.6. The summed E-state index contributed by atoms with van der Waals surface area (Å²) < 4.78 is 33.5. The van der Waals surface area contributed by atoms with Crippen LogP contribution in [-0.4, -0.2) is 142 Å². The fourth-order valence-electron chi connectivity index (χ4n) is 8.34. The SMILES string of the molecule is CCCCCCCCCCCCCCCCCCCCCCC(=O)O[C@H](COC(=O)CCCCCCCCCC)CO[C@H]1O[C@@H](CO[C@H]2O[C@@H](CO)[C@@H](O)C(O)C2O)[C@@H](O)C(O)C1O. The van der Waals surface area contributed by atoms with Crippen molar-refractivity contribution in [3.8, 4) is 0 Å². The van der Waals surface area contributed by atoms with Crippen molar-refractivity contribution in [2.45, 2.75) is 274 Å². The molecule has 0 aromatic rings. The number of carbonyl (C=O) groups is 2. The van der Waals surface area contributed by atoms with Gasteiger partial charge in [0.05, 0.1) is 19.8 Å². The summed E-state index contributed by atoms with van der Waals surface area (Å²) in [4.78, 5) is 25.6. The van der Waals surface area contributed by atoms with E-state index in [1.54, 1.807) is 0 Å². The van der Waals surface area contributed by atoms with Gasteiger partial charge in [0, 0.05) is 12.8 Å². The van der Waals surface area contributed by atoms with Crippen LogP contribution in [0.2, 0.25) is 0 Å². The van der Waals surface area contributed by atoms with Gasteiger partial charge in [-0.25, -0.2) is 0 Å². The lowest BCUT2D eigenvalue weighted by Crippen LogP contribution is -2.61. The molecule has 2 heterocycles. The zero-order chi connectivity index (χ0) is 46.8. The Morgan fingerprint density at radius 1 is 0.438 bits per heavy atom. The highest BCUT2D eigenvalue weighted by Crippen LogP contribution is 2.26. The van der Waals surface area contributed by atoms with E-state index >= 15 is 0 Å². The molecule has 2 aliphatic heterocycles. The number of hydrogen-bond donors (Lipinski definition) is 7. The van der Waals surface area contributed by atoms with Gasteiger partial charge in [0.2, 0.25) is 0 Å². The fraction of sp³-hybridized carbons (Fsp3) is 0.959. The van der Waals surface area contributed by atoms with Crippen molar-refractivity contribution in [3.05, 3.63) is 0 Å². The molecule has 4 unspecified atom stereocenters. The van der Waals surface area contributed by atoms with E-state index in [9.17, 15) is 45.3 Å². The second-order valence-corrected chi connectivity index (χ2v) is 18.4. The summed E-state index contributed by atoms with van der Waals surface area (Å²) in [5.41, 5.74) is 0. The lowest BCUT2D eigenvalue weighted by atomic mass is 9.98. The Morgan fingerprint density at radius 3 is 1.22 bits per heavy atom. The van der Waals surface area contributed by atoms with E-state index in [0.29, 0.717) is 12.8 Å². The van der Waals surface area contributed by atoms with Crippen molar-refractivity contribution in [2.75, 3.05) is 26.4 Å². The Labute approximate surface area is 385 Å². The van der Waals surface area contributed by atoms with Gasteiger partial charge in [-0.3, -0.25) is 9.59 Å². The van der Waals surface area contributed by atoms with Gasteiger partial charge in [-0.15, -0.1) is 0 Å². The summed E-state index contributed by atoms with van der Waals surface area (Å²) in [6.45, 7) is 2.58. The number of aliphatic hydroxyl groups is 7. The average Bonchev–Trinajstić information content (AvgIpc) is 3.29. The van der Waals surface area contributed by atoms with Crippen LogP contribution in [-0.2, 0) is 38.0 Å². The van der Waals surface area contributed by atoms with Crippen molar-refractivity contribution in [3.63, 3.8) is 0 Å². The van der Waals surface area contributed by atoms with Crippen LogP contribution < -0.4 is 0 Å². The Morgan fingerprint density at radius 2 is 0.797 bits per heavy atom. The number of hydrogen-bond acceptors (Lipinski definition) is 15. The van der Waals surface area contributed by atoms with Crippen molar-refractivity contribution < 1.29 is 73.8 Å². The molecule has 15 heteroatoms. The molecule has 0 aliphatic carbocycles. The minimum atomic E-state index is -1.76. The molecule has 0 aromatic heterocycles. The lowest BCUT2D eigenvalue weighted by molar-refractivity contribution is -0.332. The molecule has 2 rings (SSSR count). The lowest BCUT2D eigenvalue weighted by Gasteiger charge is -2.42. The molecule has 2 saturated heterocycles. The Hall–Kier alpha value is -1.50. The van der Waals surface area contributed by atoms with Gasteiger partial charge in [-0.2, -0.15) is 0 Å². The Bertz CT molecular complexity index is 1130. The Kier molecular flexibility index (Phi) is 34.3. The van der Waals surface area contributed by atoms with Crippen molar-refractivity contribution in [1.29, 1.82) is 0 Å². The average molecular weight is 921 g/mol. The highest BCUT2D eigenvalue weighted by Gasteiger charge is 2.47. The fourth-order valence-corrected chi connectivity index (χ4v) is 8.34. The summed E-state index contributed by atoms with van der Waals surface area (Å²) in [5.74, 6) is -0.916. The standard InChI is InChI=1S/C49H92O15/c1-3-5-7-9-11-13-14-15-16-17-18-19-20-21-22-23-24-26-28-30-32-41(52)62-37(34-59-40(51)31-29-27-25-12-10-8-6-4-2)35-60-48-47(58)45(56)43(54)39(64-48)36-61-49-46(57)44(55)42(53)38(33-50)63-49/h37-39,42-50,53-58H,3-36H2,1-2H3/t37-,38+,39+,42-,43-,44?,45?,46?,47?,48+,49+/m1/s1. The first-order valence-electron chi connectivity index (χ1n) is 25.6. The zero-order valence-electron chi connectivity index (χ0n) is 39.8. The minimum absolute atomic E-state index is 0.173. The van der Waals surface area contributed by atoms with E-state index in [0.717, 1.165) is 38.5 Å². The van der Waals surface area contributed by atoms with Crippen LogP contribution in [0, 0.1) is 0 Å². The van der Waals surface area contributed by atoms with Crippen LogP contribution in [0.4, 0.5) is 0 Å². The first-order chi connectivity index (χ1) is 31.0. The quantitative estimate of drug-likeness (QED) is 0.0247. The van der Waals surface area contributed by atoms with Gasteiger partial charge in [0.25, 0.3) is 0 Å². The van der Waals surface area contributed by atoms with Crippen LogP contribution in [0.1, 0.15) is 206 Å². The summed E-state index contributed by atoms with van der Waals surface area (Å²) in [5, 5.41) is 71.9. The zero-order valence-corrected chi connectivity index (χ0v) is 39.8. The Balaban J connectivity index is 1.75. The van der Waals surface area contributed by atoms with Gasteiger partial charge in [-0.05, 0) is 12.8 Å².